The lowest BCUT2D eigenvalue weighted by atomic mass is 10.2. The Balaban J connectivity index is 1.53. The molecule has 0 radical (unpaired) electrons. The highest BCUT2D eigenvalue weighted by Gasteiger charge is 2.16. The summed E-state index contributed by atoms with van der Waals surface area (Å²) in [5.74, 6) is -0.912. The molecule has 0 unspecified atom stereocenters. The van der Waals surface area contributed by atoms with Gasteiger partial charge in [-0.15, -0.1) is 0 Å². The van der Waals surface area contributed by atoms with Crippen LogP contribution in [0.2, 0.25) is 0 Å². The summed E-state index contributed by atoms with van der Waals surface area (Å²) in [5, 5.41) is 13.8. The van der Waals surface area contributed by atoms with E-state index >= 15 is 0 Å². The van der Waals surface area contributed by atoms with Gasteiger partial charge in [0.2, 0.25) is 0 Å². The number of urea groups is 1. The molecule has 2 amide bonds. The van der Waals surface area contributed by atoms with Crippen LogP contribution in [-0.4, -0.2) is 67.8 Å². The van der Waals surface area contributed by atoms with Crippen molar-refractivity contribution in [3.05, 3.63) is 30.3 Å². The Morgan fingerprint density at radius 3 is 2.33 bits per heavy atom. The number of nitrogens with one attached hydrogen (secondary N) is 2. The molecule has 0 aromatic heterocycles. The van der Waals surface area contributed by atoms with Crippen LogP contribution < -0.4 is 15.5 Å². The first kappa shape index (κ1) is 18.1. The molecule has 1 aromatic carbocycles. The zero-order chi connectivity index (χ0) is 17.2. The molecule has 1 heterocycles. The quantitative estimate of drug-likeness (QED) is 0.617. The number of aliphatic carboxylic acids is 1. The Bertz CT molecular complexity index is 516. The maximum atomic E-state index is 11.4. The number of nitrogens with zero attached hydrogens (tertiary/aromatic N) is 2. The monoisotopic (exact) mass is 334 g/mol. The van der Waals surface area contributed by atoms with E-state index in [1.165, 1.54) is 5.69 Å². The van der Waals surface area contributed by atoms with E-state index in [0.717, 1.165) is 39.1 Å². The van der Waals surface area contributed by atoms with Crippen LogP contribution in [0.5, 0.6) is 0 Å². The molecule has 0 saturated carbocycles. The normalized spacial score (nSPS) is 15.1. The number of carboxylic acids is 1. The number of carboxylic acid groups (broad SMARTS) is 1. The Kier molecular flexibility index (Phi) is 7.35. The molecule has 7 nitrogen and oxygen atoms in total. The van der Waals surface area contributed by atoms with Crippen molar-refractivity contribution in [2.75, 3.05) is 50.7 Å². The first-order valence-electron chi connectivity index (χ1n) is 8.41. The van der Waals surface area contributed by atoms with Gasteiger partial charge in [-0.3, -0.25) is 9.69 Å². The highest BCUT2D eigenvalue weighted by Crippen LogP contribution is 2.15. The summed E-state index contributed by atoms with van der Waals surface area (Å²) in [6, 6.07) is 10.1. The van der Waals surface area contributed by atoms with Crippen molar-refractivity contribution in [3.8, 4) is 0 Å². The molecule has 1 fully saturated rings. The van der Waals surface area contributed by atoms with Gasteiger partial charge in [0.25, 0.3) is 0 Å². The predicted molar refractivity (Wildman–Crippen MR) is 93.4 cm³/mol. The fourth-order valence-corrected chi connectivity index (χ4v) is 2.72. The number of piperazine rings is 1. The summed E-state index contributed by atoms with van der Waals surface area (Å²) in [7, 11) is 0. The number of hydrogen-bond donors (Lipinski definition) is 3. The van der Waals surface area contributed by atoms with Crippen LogP contribution in [0.15, 0.2) is 30.3 Å². The minimum Gasteiger partial charge on any atom is -0.481 e. The van der Waals surface area contributed by atoms with Gasteiger partial charge in [-0.1, -0.05) is 18.2 Å². The molecule has 0 atom stereocenters. The molecule has 0 aliphatic carbocycles. The lowest BCUT2D eigenvalue weighted by Crippen LogP contribution is -2.47. The van der Waals surface area contributed by atoms with Gasteiger partial charge in [-0.05, 0) is 25.1 Å². The van der Waals surface area contributed by atoms with Gasteiger partial charge < -0.3 is 20.6 Å². The molecule has 0 bridgehead atoms. The Hall–Kier alpha value is -2.28. The molecule has 132 valence electrons. The van der Waals surface area contributed by atoms with Crippen LogP contribution in [0.3, 0.4) is 0 Å². The number of hydrogen-bond acceptors (Lipinski definition) is 4. The van der Waals surface area contributed by atoms with E-state index in [4.69, 9.17) is 5.11 Å². The SMILES string of the molecule is O=C(O)CCNC(=O)NCCCN1CCN(c2ccccc2)CC1. The third-order valence-corrected chi connectivity index (χ3v) is 4.05. The van der Waals surface area contributed by atoms with Crippen molar-refractivity contribution in [2.45, 2.75) is 12.8 Å². The largest absolute Gasteiger partial charge is 0.481 e. The average molecular weight is 334 g/mol. The number of rotatable bonds is 8. The predicted octanol–water partition coefficient (Wildman–Crippen LogP) is 0.973. The fourth-order valence-electron chi connectivity index (χ4n) is 2.72. The van der Waals surface area contributed by atoms with Crippen molar-refractivity contribution < 1.29 is 14.7 Å². The van der Waals surface area contributed by atoms with Gasteiger partial charge in [0.05, 0.1) is 6.42 Å². The van der Waals surface area contributed by atoms with Crippen LogP contribution in [0.1, 0.15) is 12.8 Å². The number of carbonyl (C=O) groups is 2. The van der Waals surface area contributed by atoms with Crippen molar-refractivity contribution in [2.24, 2.45) is 0 Å². The lowest BCUT2D eigenvalue weighted by Gasteiger charge is -2.36. The lowest BCUT2D eigenvalue weighted by molar-refractivity contribution is -0.136. The molecule has 7 heteroatoms. The van der Waals surface area contributed by atoms with Crippen LogP contribution in [0.4, 0.5) is 10.5 Å². The minimum atomic E-state index is -0.912. The third-order valence-electron chi connectivity index (χ3n) is 4.05. The molecule has 2 rings (SSSR count). The summed E-state index contributed by atoms with van der Waals surface area (Å²) in [5.41, 5.74) is 1.27. The molecular formula is C17H26N4O3. The smallest absolute Gasteiger partial charge is 0.314 e. The molecule has 1 saturated heterocycles. The summed E-state index contributed by atoms with van der Waals surface area (Å²) in [6.07, 6.45) is 0.830. The van der Waals surface area contributed by atoms with Gasteiger partial charge in [0, 0.05) is 45.0 Å². The second-order valence-electron chi connectivity index (χ2n) is 5.84. The zero-order valence-corrected chi connectivity index (χ0v) is 13.9. The highest BCUT2D eigenvalue weighted by molar-refractivity contribution is 5.74. The summed E-state index contributed by atoms with van der Waals surface area (Å²) in [4.78, 5) is 26.6. The number of benzene rings is 1. The maximum Gasteiger partial charge on any atom is 0.314 e. The van der Waals surface area contributed by atoms with E-state index in [9.17, 15) is 9.59 Å². The first-order valence-corrected chi connectivity index (χ1v) is 8.41. The number of amides is 2. The molecule has 1 aliphatic heterocycles. The molecule has 24 heavy (non-hydrogen) atoms. The van der Waals surface area contributed by atoms with Crippen molar-refractivity contribution in [1.29, 1.82) is 0 Å². The number of para-hydroxylation sites is 1. The molecule has 1 aromatic rings. The van der Waals surface area contributed by atoms with E-state index in [2.05, 4.69) is 44.7 Å². The van der Waals surface area contributed by atoms with Gasteiger partial charge >= 0.3 is 12.0 Å². The Morgan fingerprint density at radius 1 is 1.00 bits per heavy atom. The van der Waals surface area contributed by atoms with Gasteiger partial charge in [0.15, 0.2) is 0 Å². The van der Waals surface area contributed by atoms with E-state index < -0.39 is 5.97 Å². The van der Waals surface area contributed by atoms with Crippen molar-refractivity contribution >= 4 is 17.7 Å². The van der Waals surface area contributed by atoms with Crippen molar-refractivity contribution in [1.82, 2.24) is 15.5 Å². The molecule has 0 spiro atoms. The van der Waals surface area contributed by atoms with E-state index in [-0.39, 0.29) is 19.0 Å². The number of anilines is 1. The summed E-state index contributed by atoms with van der Waals surface area (Å²) >= 11 is 0. The maximum absolute atomic E-state index is 11.4. The second kappa shape index (κ2) is 9.77. The number of carbonyl (C=O) groups excluding carboxylic acids is 1. The van der Waals surface area contributed by atoms with Gasteiger partial charge in [0.1, 0.15) is 0 Å². The van der Waals surface area contributed by atoms with Crippen molar-refractivity contribution in [3.63, 3.8) is 0 Å². The Morgan fingerprint density at radius 2 is 1.67 bits per heavy atom. The topological polar surface area (TPSA) is 84.9 Å². The van der Waals surface area contributed by atoms with Crippen LogP contribution in [-0.2, 0) is 4.79 Å². The third kappa shape index (κ3) is 6.45. The minimum absolute atomic E-state index is 0.0564. The van der Waals surface area contributed by atoms with Crippen LogP contribution >= 0.6 is 0 Å². The fraction of sp³-hybridized carbons (Fsp3) is 0.529. The zero-order valence-electron chi connectivity index (χ0n) is 13.9. The molecule has 1 aliphatic rings. The summed E-state index contributed by atoms with van der Waals surface area (Å²) < 4.78 is 0. The average Bonchev–Trinajstić information content (AvgIpc) is 2.60. The van der Waals surface area contributed by atoms with E-state index in [0.29, 0.717) is 6.54 Å². The van der Waals surface area contributed by atoms with Gasteiger partial charge in [-0.25, -0.2) is 4.79 Å². The first-order chi connectivity index (χ1) is 11.6. The van der Waals surface area contributed by atoms with E-state index in [1.807, 2.05) is 6.07 Å². The highest BCUT2D eigenvalue weighted by atomic mass is 16.4. The van der Waals surface area contributed by atoms with Crippen LogP contribution in [0.25, 0.3) is 0 Å². The Labute approximate surface area is 142 Å². The molecule has 3 N–H and O–H groups in total. The second-order valence-corrected chi connectivity index (χ2v) is 5.84. The summed E-state index contributed by atoms with van der Waals surface area (Å²) in [6.45, 7) is 5.80. The standard InChI is InChI=1S/C17H26N4O3/c22-16(23)7-9-19-17(24)18-8-4-10-20-11-13-21(14-12-20)15-5-2-1-3-6-15/h1-3,5-6H,4,7-14H2,(H,22,23)(H2,18,19,24). The van der Waals surface area contributed by atoms with Gasteiger partial charge in [-0.2, -0.15) is 0 Å². The van der Waals surface area contributed by atoms with E-state index in [1.54, 1.807) is 0 Å². The molecular weight excluding hydrogens is 308 g/mol. The van der Waals surface area contributed by atoms with Crippen LogP contribution in [0, 0.1) is 0 Å².